The molecular formula is C27H42N2O2-2. The predicted octanol–water partition coefficient (Wildman–Crippen LogP) is 3.95. The standard InChI is InChI=1S/C27H42N2O2/c1-7-9-14-29-21-13-11-10-12-20(21)27(5,6)22(29)15-19-25(30)23(26(19)31)24-16(3)18(8-2)17(4)28-24/h15,19-21,23,25-26,28H,7-14H2,1-6H3/q-2. The SMILES string of the molecule is CCCCN1C(=CC2C([O-])C(c3[nH]c(C)c(CC)c3C)C2[O-])C(C)(C)C2CCCCC21. The zero-order chi connectivity index (χ0) is 22.5. The lowest BCUT2D eigenvalue weighted by Crippen LogP contribution is -2.65. The zero-order valence-electron chi connectivity index (χ0n) is 20.5. The number of nitrogens with one attached hydrogen (secondary N) is 1. The monoisotopic (exact) mass is 426 g/mol. The number of rotatable bonds is 6. The molecule has 1 saturated heterocycles. The molecule has 31 heavy (non-hydrogen) atoms. The third-order valence-electron chi connectivity index (χ3n) is 8.91. The summed E-state index contributed by atoms with van der Waals surface area (Å²) < 4.78 is 0. The van der Waals surface area contributed by atoms with Crippen molar-refractivity contribution in [1.29, 1.82) is 0 Å². The highest BCUT2D eigenvalue weighted by atomic mass is 16.3. The minimum Gasteiger partial charge on any atom is -0.851 e. The Hall–Kier alpha value is -1.26. The van der Waals surface area contributed by atoms with Crippen molar-refractivity contribution in [1.82, 2.24) is 9.88 Å². The number of unbranched alkanes of at least 4 members (excludes halogenated alkanes) is 1. The second-order valence-electron chi connectivity index (χ2n) is 10.9. The Kier molecular flexibility index (Phi) is 6.35. The Morgan fingerprint density at radius 1 is 1.10 bits per heavy atom. The molecule has 3 fully saturated rings. The average molecular weight is 427 g/mol. The second-order valence-corrected chi connectivity index (χ2v) is 10.9. The molecule has 4 rings (SSSR count). The van der Waals surface area contributed by atoms with Crippen LogP contribution in [0.5, 0.6) is 0 Å². The van der Waals surface area contributed by atoms with E-state index in [0.717, 1.165) is 29.9 Å². The van der Waals surface area contributed by atoms with Gasteiger partial charge in [-0.25, -0.2) is 0 Å². The van der Waals surface area contributed by atoms with Gasteiger partial charge in [-0.3, -0.25) is 0 Å². The average Bonchev–Trinajstić information content (AvgIpc) is 3.14. The Morgan fingerprint density at radius 3 is 2.39 bits per heavy atom. The van der Waals surface area contributed by atoms with Crippen molar-refractivity contribution in [2.75, 3.05) is 6.54 Å². The van der Waals surface area contributed by atoms with Crippen LogP contribution in [-0.2, 0) is 6.42 Å². The molecule has 2 heterocycles. The number of aryl methyl sites for hydroxylation is 1. The van der Waals surface area contributed by atoms with Crippen molar-refractivity contribution in [2.24, 2.45) is 17.3 Å². The zero-order valence-corrected chi connectivity index (χ0v) is 20.5. The Morgan fingerprint density at radius 2 is 1.77 bits per heavy atom. The van der Waals surface area contributed by atoms with Gasteiger partial charge in [0.15, 0.2) is 0 Å². The summed E-state index contributed by atoms with van der Waals surface area (Å²) in [5.41, 5.74) is 5.78. The minimum atomic E-state index is -0.845. The smallest absolute Gasteiger partial charge is 0.0324 e. The highest BCUT2D eigenvalue weighted by Crippen LogP contribution is 2.55. The van der Waals surface area contributed by atoms with Crippen molar-refractivity contribution in [2.45, 2.75) is 111 Å². The van der Waals surface area contributed by atoms with Crippen LogP contribution in [0.3, 0.4) is 0 Å². The molecule has 2 aliphatic carbocycles. The molecular weight excluding hydrogens is 384 g/mol. The van der Waals surface area contributed by atoms with E-state index < -0.39 is 24.0 Å². The van der Waals surface area contributed by atoms with Gasteiger partial charge in [0.1, 0.15) is 0 Å². The van der Waals surface area contributed by atoms with Crippen LogP contribution in [0, 0.1) is 31.1 Å². The van der Waals surface area contributed by atoms with E-state index in [4.69, 9.17) is 0 Å². The molecule has 0 amide bonds. The number of nitrogens with zero attached hydrogens (tertiary/aromatic N) is 1. The number of hydrogen-bond acceptors (Lipinski definition) is 3. The first-order valence-electron chi connectivity index (χ1n) is 12.7. The Labute approximate surface area is 189 Å². The third-order valence-corrected chi connectivity index (χ3v) is 8.91. The second kappa shape index (κ2) is 8.59. The highest BCUT2D eigenvalue weighted by molar-refractivity contribution is 5.41. The molecule has 3 aliphatic rings. The first-order chi connectivity index (χ1) is 14.7. The fraction of sp³-hybridized carbons (Fsp3) is 0.778. The topological polar surface area (TPSA) is 65.1 Å². The van der Waals surface area contributed by atoms with Crippen molar-refractivity contribution in [3.8, 4) is 0 Å². The fourth-order valence-electron chi connectivity index (χ4n) is 7.08. The number of fused-ring (bicyclic) bond motifs is 1. The summed E-state index contributed by atoms with van der Waals surface area (Å²) in [6.07, 6.45) is 8.88. The normalized spacial score (nSPS) is 36.0. The molecule has 0 spiro atoms. The van der Waals surface area contributed by atoms with Crippen LogP contribution >= 0.6 is 0 Å². The van der Waals surface area contributed by atoms with E-state index in [9.17, 15) is 10.2 Å². The van der Waals surface area contributed by atoms with E-state index in [1.165, 1.54) is 49.8 Å². The summed E-state index contributed by atoms with van der Waals surface area (Å²) in [5.74, 6) is -0.191. The van der Waals surface area contributed by atoms with E-state index in [-0.39, 0.29) is 5.41 Å². The van der Waals surface area contributed by atoms with Crippen molar-refractivity contribution < 1.29 is 10.2 Å². The molecule has 0 aromatic carbocycles. The van der Waals surface area contributed by atoms with E-state index in [0.29, 0.717) is 12.0 Å². The molecule has 1 aromatic rings. The van der Waals surface area contributed by atoms with Crippen molar-refractivity contribution >= 4 is 0 Å². The molecule has 4 heteroatoms. The molecule has 4 unspecified atom stereocenters. The lowest BCUT2D eigenvalue weighted by atomic mass is 9.65. The molecule has 1 aliphatic heterocycles. The summed E-state index contributed by atoms with van der Waals surface area (Å²) in [7, 11) is 0. The maximum Gasteiger partial charge on any atom is 0.0324 e. The minimum absolute atomic E-state index is 0.0532. The molecule has 0 radical (unpaired) electrons. The summed E-state index contributed by atoms with van der Waals surface area (Å²) in [5, 5.41) is 26.7. The van der Waals surface area contributed by atoms with Crippen LogP contribution < -0.4 is 10.2 Å². The molecule has 2 saturated carbocycles. The van der Waals surface area contributed by atoms with Gasteiger partial charge in [0.2, 0.25) is 0 Å². The number of aromatic amines is 1. The summed E-state index contributed by atoms with van der Waals surface area (Å²) in [6, 6.07) is 0.591. The van der Waals surface area contributed by atoms with Crippen LogP contribution in [0.15, 0.2) is 11.8 Å². The van der Waals surface area contributed by atoms with Crippen LogP contribution in [0.1, 0.15) is 94.7 Å². The van der Waals surface area contributed by atoms with Gasteiger partial charge in [-0.05, 0) is 68.4 Å². The van der Waals surface area contributed by atoms with Gasteiger partial charge in [-0.1, -0.05) is 53.0 Å². The quantitative estimate of drug-likeness (QED) is 0.749. The lowest BCUT2D eigenvalue weighted by Gasteiger charge is -2.60. The molecule has 174 valence electrons. The fourth-order valence-corrected chi connectivity index (χ4v) is 7.08. The van der Waals surface area contributed by atoms with Gasteiger partial charge in [0.25, 0.3) is 0 Å². The van der Waals surface area contributed by atoms with Gasteiger partial charge in [0.05, 0.1) is 0 Å². The van der Waals surface area contributed by atoms with Gasteiger partial charge < -0.3 is 20.1 Å². The van der Waals surface area contributed by atoms with Gasteiger partial charge in [-0.2, -0.15) is 0 Å². The van der Waals surface area contributed by atoms with Crippen LogP contribution in [0.2, 0.25) is 0 Å². The first-order valence-corrected chi connectivity index (χ1v) is 12.7. The maximum absolute atomic E-state index is 13.4. The number of likely N-dealkylation sites (tertiary alicyclic amines) is 1. The van der Waals surface area contributed by atoms with Crippen LogP contribution in [-0.4, -0.2) is 34.7 Å². The Balaban J connectivity index is 1.62. The largest absolute Gasteiger partial charge is 0.851 e. The number of allylic oxidation sites excluding steroid dienone is 1. The lowest BCUT2D eigenvalue weighted by molar-refractivity contribution is -0.543. The molecule has 1 aromatic heterocycles. The molecule has 4 nitrogen and oxygen atoms in total. The van der Waals surface area contributed by atoms with Crippen LogP contribution in [0.4, 0.5) is 0 Å². The molecule has 4 atom stereocenters. The van der Waals surface area contributed by atoms with Crippen molar-refractivity contribution in [3.63, 3.8) is 0 Å². The van der Waals surface area contributed by atoms with E-state index in [2.05, 4.69) is 57.5 Å². The maximum atomic E-state index is 13.4. The summed E-state index contributed by atoms with van der Waals surface area (Å²) >= 11 is 0. The summed E-state index contributed by atoms with van der Waals surface area (Å²) in [6.45, 7) is 14.3. The predicted molar refractivity (Wildman–Crippen MR) is 123 cm³/mol. The summed E-state index contributed by atoms with van der Waals surface area (Å²) in [4.78, 5) is 6.01. The van der Waals surface area contributed by atoms with E-state index in [1.807, 2.05) is 0 Å². The number of aromatic nitrogens is 1. The Bertz CT molecular complexity index is 813. The molecule has 0 bridgehead atoms. The third kappa shape index (κ3) is 3.58. The van der Waals surface area contributed by atoms with E-state index in [1.54, 1.807) is 0 Å². The van der Waals surface area contributed by atoms with E-state index >= 15 is 0 Å². The van der Waals surface area contributed by atoms with Gasteiger partial charge in [0, 0.05) is 35.1 Å². The highest BCUT2D eigenvalue weighted by Gasteiger charge is 2.51. The van der Waals surface area contributed by atoms with Gasteiger partial charge >= 0.3 is 0 Å². The molecule has 1 N–H and O–H groups in total. The van der Waals surface area contributed by atoms with Crippen LogP contribution in [0.25, 0.3) is 0 Å². The van der Waals surface area contributed by atoms with Crippen molar-refractivity contribution in [3.05, 3.63) is 34.3 Å². The first kappa shape index (κ1) is 22.9. The van der Waals surface area contributed by atoms with Gasteiger partial charge in [-0.15, -0.1) is 12.2 Å². The number of H-pyrrole nitrogens is 1. The number of hydrogen-bond donors (Lipinski definition) is 1.